The van der Waals surface area contributed by atoms with Crippen molar-refractivity contribution in [1.29, 1.82) is 0 Å². The van der Waals surface area contributed by atoms with Gasteiger partial charge in [-0.25, -0.2) is 0 Å². The van der Waals surface area contributed by atoms with E-state index in [1.54, 1.807) is 4.90 Å². The molecule has 0 radical (unpaired) electrons. The number of piperidine rings is 1. The van der Waals surface area contributed by atoms with E-state index < -0.39 is 6.10 Å². The van der Waals surface area contributed by atoms with E-state index in [0.717, 1.165) is 31.6 Å². The second kappa shape index (κ2) is 6.75. The minimum Gasteiger partial charge on any atom is -0.391 e. The fourth-order valence-electron chi connectivity index (χ4n) is 2.42. The summed E-state index contributed by atoms with van der Waals surface area (Å²) in [7, 11) is 0. The summed E-state index contributed by atoms with van der Waals surface area (Å²) in [4.78, 5) is 14.1. The van der Waals surface area contributed by atoms with Gasteiger partial charge in [0.05, 0.1) is 6.10 Å². The molecule has 2 unspecified atom stereocenters. The zero-order valence-electron chi connectivity index (χ0n) is 12.3. The number of nitrogens with zero attached hydrogens (tertiary/aromatic N) is 1. The van der Waals surface area contributed by atoms with E-state index in [2.05, 4.69) is 12.2 Å². The summed E-state index contributed by atoms with van der Waals surface area (Å²) in [6, 6.07) is 7.58. The van der Waals surface area contributed by atoms with Crippen molar-refractivity contribution in [3.05, 3.63) is 29.8 Å². The number of carbonyl (C=O) groups is 1. The van der Waals surface area contributed by atoms with Gasteiger partial charge in [0.2, 0.25) is 0 Å². The third-order valence-electron chi connectivity index (χ3n) is 3.92. The number of hydrogen-bond donors (Lipinski definition) is 2. The molecule has 4 heteroatoms. The number of β-amino-alcohol motifs (C(OH)–C–C–N with tert-alkyl or cyclic N) is 1. The maximum absolute atomic E-state index is 12.4. The van der Waals surface area contributed by atoms with E-state index in [1.165, 1.54) is 0 Å². The molecule has 1 aromatic carbocycles. The highest BCUT2D eigenvalue weighted by Crippen LogP contribution is 2.19. The molecular formula is C16H24N2O2. The van der Waals surface area contributed by atoms with Gasteiger partial charge in [-0.15, -0.1) is 0 Å². The van der Waals surface area contributed by atoms with Crippen LogP contribution in [0, 0.1) is 5.92 Å². The summed E-state index contributed by atoms with van der Waals surface area (Å²) in [6.45, 7) is 6.25. The molecule has 1 amide bonds. The average Bonchev–Trinajstić information content (AvgIpc) is 2.48. The quantitative estimate of drug-likeness (QED) is 0.887. The van der Waals surface area contributed by atoms with Gasteiger partial charge in [0, 0.05) is 30.9 Å². The van der Waals surface area contributed by atoms with E-state index in [9.17, 15) is 9.90 Å². The lowest BCUT2D eigenvalue weighted by atomic mass is 9.95. The summed E-state index contributed by atoms with van der Waals surface area (Å²) in [5.74, 6) is 0.290. The van der Waals surface area contributed by atoms with Crippen LogP contribution < -0.4 is 5.32 Å². The molecule has 0 aromatic heterocycles. The maximum atomic E-state index is 12.4. The van der Waals surface area contributed by atoms with Crippen molar-refractivity contribution >= 4 is 11.6 Å². The van der Waals surface area contributed by atoms with E-state index in [-0.39, 0.29) is 11.8 Å². The minimum absolute atomic E-state index is 0.0120. The second-order valence-corrected chi connectivity index (χ2v) is 5.59. The molecule has 1 saturated heterocycles. The van der Waals surface area contributed by atoms with Crippen LogP contribution in [0.15, 0.2) is 24.3 Å². The Morgan fingerprint density at radius 3 is 2.70 bits per heavy atom. The van der Waals surface area contributed by atoms with Crippen LogP contribution in [0.4, 0.5) is 5.69 Å². The molecule has 2 N–H and O–H groups in total. The Kier molecular flexibility index (Phi) is 5.01. The molecule has 1 aliphatic heterocycles. The molecule has 1 aliphatic rings. The van der Waals surface area contributed by atoms with Crippen molar-refractivity contribution in [3.63, 3.8) is 0 Å². The number of aliphatic hydroxyl groups is 1. The molecule has 1 aromatic rings. The van der Waals surface area contributed by atoms with Crippen molar-refractivity contribution in [1.82, 2.24) is 4.90 Å². The van der Waals surface area contributed by atoms with Gasteiger partial charge in [-0.1, -0.05) is 13.8 Å². The van der Waals surface area contributed by atoms with Crippen molar-refractivity contribution in [2.75, 3.05) is 25.0 Å². The van der Waals surface area contributed by atoms with Gasteiger partial charge in [0.15, 0.2) is 0 Å². The van der Waals surface area contributed by atoms with E-state index in [4.69, 9.17) is 0 Å². The number of benzene rings is 1. The zero-order chi connectivity index (χ0) is 14.5. The topological polar surface area (TPSA) is 52.6 Å². The fourth-order valence-corrected chi connectivity index (χ4v) is 2.42. The molecule has 0 aliphatic carbocycles. The molecule has 0 spiro atoms. The summed E-state index contributed by atoms with van der Waals surface area (Å²) in [6.07, 6.45) is 1.53. The highest BCUT2D eigenvalue weighted by molar-refractivity contribution is 5.94. The molecule has 2 rings (SSSR count). The lowest BCUT2D eigenvalue weighted by Gasteiger charge is -2.34. The van der Waals surface area contributed by atoms with E-state index in [1.807, 2.05) is 31.2 Å². The summed E-state index contributed by atoms with van der Waals surface area (Å²) in [5.41, 5.74) is 1.73. The van der Waals surface area contributed by atoms with Gasteiger partial charge < -0.3 is 15.3 Å². The minimum atomic E-state index is -0.404. The first-order chi connectivity index (χ1) is 9.61. The van der Waals surface area contributed by atoms with Crippen molar-refractivity contribution in [2.45, 2.75) is 32.8 Å². The van der Waals surface area contributed by atoms with Crippen LogP contribution in [-0.4, -0.2) is 41.7 Å². The zero-order valence-corrected chi connectivity index (χ0v) is 12.3. The Bertz CT molecular complexity index is 444. The first kappa shape index (κ1) is 14.9. The lowest BCUT2D eigenvalue weighted by molar-refractivity contribution is 0.0248. The van der Waals surface area contributed by atoms with Crippen LogP contribution in [0.25, 0.3) is 0 Å². The van der Waals surface area contributed by atoms with Gasteiger partial charge in [-0.3, -0.25) is 4.79 Å². The monoisotopic (exact) mass is 276 g/mol. The number of nitrogens with one attached hydrogen (secondary N) is 1. The number of anilines is 1. The van der Waals surface area contributed by atoms with Gasteiger partial charge in [0.25, 0.3) is 5.91 Å². The van der Waals surface area contributed by atoms with Crippen LogP contribution in [0.3, 0.4) is 0 Å². The molecule has 2 atom stereocenters. The van der Waals surface area contributed by atoms with Gasteiger partial charge in [0.1, 0.15) is 0 Å². The summed E-state index contributed by atoms with van der Waals surface area (Å²) >= 11 is 0. The Morgan fingerprint density at radius 2 is 2.10 bits per heavy atom. The van der Waals surface area contributed by atoms with Crippen molar-refractivity contribution in [3.8, 4) is 0 Å². The highest BCUT2D eigenvalue weighted by atomic mass is 16.3. The normalized spacial score (nSPS) is 22.6. The summed E-state index contributed by atoms with van der Waals surface area (Å²) in [5, 5.41) is 13.2. The molecule has 0 bridgehead atoms. The number of amides is 1. The number of rotatable bonds is 4. The van der Waals surface area contributed by atoms with Crippen molar-refractivity contribution < 1.29 is 9.90 Å². The number of aliphatic hydroxyl groups excluding tert-OH is 1. The Labute approximate surface area is 120 Å². The Balaban J connectivity index is 1.98. The SMILES string of the molecule is CCCNc1ccc(C(=O)N2CCC(C)C(O)C2)cc1. The van der Waals surface area contributed by atoms with E-state index >= 15 is 0 Å². The summed E-state index contributed by atoms with van der Waals surface area (Å²) < 4.78 is 0. The third-order valence-corrected chi connectivity index (χ3v) is 3.92. The number of hydrogen-bond acceptors (Lipinski definition) is 3. The van der Waals surface area contributed by atoms with Gasteiger partial charge in [-0.2, -0.15) is 0 Å². The molecule has 20 heavy (non-hydrogen) atoms. The van der Waals surface area contributed by atoms with E-state index in [0.29, 0.717) is 12.1 Å². The van der Waals surface area contributed by atoms with Gasteiger partial charge in [-0.05, 0) is 43.0 Å². The van der Waals surface area contributed by atoms with Crippen LogP contribution in [-0.2, 0) is 0 Å². The molecule has 110 valence electrons. The molecule has 1 heterocycles. The van der Waals surface area contributed by atoms with Gasteiger partial charge >= 0.3 is 0 Å². The molecule has 0 saturated carbocycles. The Hall–Kier alpha value is -1.55. The highest BCUT2D eigenvalue weighted by Gasteiger charge is 2.27. The molecule has 4 nitrogen and oxygen atoms in total. The predicted octanol–water partition coefficient (Wildman–Crippen LogP) is 2.35. The fraction of sp³-hybridized carbons (Fsp3) is 0.562. The average molecular weight is 276 g/mol. The van der Waals surface area contributed by atoms with Crippen LogP contribution in [0.5, 0.6) is 0 Å². The Morgan fingerprint density at radius 1 is 1.40 bits per heavy atom. The first-order valence-electron chi connectivity index (χ1n) is 7.43. The first-order valence-corrected chi connectivity index (χ1v) is 7.43. The molecular weight excluding hydrogens is 252 g/mol. The predicted molar refractivity (Wildman–Crippen MR) is 80.9 cm³/mol. The largest absolute Gasteiger partial charge is 0.391 e. The number of carbonyl (C=O) groups excluding carboxylic acids is 1. The van der Waals surface area contributed by atoms with Crippen LogP contribution in [0.2, 0.25) is 0 Å². The smallest absolute Gasteiger partial charge is 0.253 e. The lowest BCUT2D eigenvalue weighted by Crippen LogP contribution is -2.45. The standard InChI is InChI=1S/C16H24N2O2/c1-3-9-17-14-6-4-13(5-7-14)16(20)18-10-8-12(2)15(19)11-18/h4-7,12,15,17,19H,3,8-11H2,1-2H3. The van der Waals surface area contributed by atoms with Crippen LogP contribution in [0.1, 0.15) is 37.0 Å². The molecule has 1 fully saturated rings. The maximum Gasteiger partial charge on any atom is 0.253 e. The number of likely N-dealkylation sites (tertiary alicyclic amines) is 1. The second-order valence-electron chi connectivity index (χ2n) is 5.59. The van der Waals surface area contributed by atoms with Crippen molar-refractivity contribution in [2.24, 2.45) is 5.92 Å². The van der Waals surface area contributed by atoms with Crippen LogP contribution >= 0.6 is 0 Å². The third kappa shape index (κ3) is 3.51.